The van der Waals surface area contributed by atoms with Crippen molar-refractivity contribution < 1.29 is 19.2 Å². The number of carbonyl (C=O) groups is 4. The largest absolute Gasteiger partial charge is 0.321 e. The molecule has 0 fully saturated rings. The second kappa shape index (κ2) is 14.6. The molecule has 0 saturated carbocycles. The Labute approximate surface area is 250 Å². The molecule has 0 aliphatic heterocycles. The average Bonchev–Trinajstić information content (AvgIpc) is 3.73. The van der Waals surface area contributed by atoms with Crippen LogP contribution in [0.5, 0.6) is 0 Å². The quantitative estimate of drug-likeness (QED) is 0.134. The number of hydrazone groups is 2. The molecule has 2 aromatic carbocycles. The van der Waals surface area contributed by atoms with Crippen molar-refractivity contribution in [1.29, 1.82) is 0 Å². The summed E-state index contributed by atoms with van der Waals surface area (Å²) in [5, 5.41) is 17.6. The van der Waals surface area contributed by atoms with Gasteiger partial charge in [-0.25, -0.2) is 10.9 Å². The average molecular weight is 601 g/mol. The van der Waals surface area contributed by atoms with E-state index in [0.717, 1.165) is 11.1 Å². The van der Waals surface area contributed by atoms with E-state index in [4.69, 9.17) is 0 Å². The Morgan fingerprint density at radius 3 is 1.43 bits per heavy atom. The van der Waals surface area contributed by atoms with Gasteiger partial charge in [0, 0.05) is 24.2 Å². The van der Waals surface area contributed by atoms with Gasteiger partial charge in [0.2, 0.25) is 11.8 Å². The van der Waals surface area contributed by atoms with Gasteiger partial charge in [-0.3, -0.25) is 19.2 Å². The van der Waals surface area contributed by atoms with Crippen LogP contribution in [0, 0.1) is 0 Å². The number of benzene rings is 2. The molecule has 0 aliphatic carbocycles. The fourth-order valence-corrected chi connectivity index (χ4v) is 4.84. The third-order valence-electron chi connectivity index (χ3n) is 5.84. The second-order valence-electron chi connectivity index (χ2n) is 8.99. The summed E-state index contributed by atoms with van der Waals surface area (Å²) >= 11 is 2.70. The summed E-state index contributed by atoms with van der Waals surface area (Å²) in [6, 6.07) is 21.4. The van der Waals surface area contributed by atoms with Gasteiger partial charge in [-0.05, 0) is 72.1 Å². The minimum atomic E-state index is -0.429. The van der Waals surface area contributed by atoms with Crippen molar-refractivity contribution >= 4 is 69.1 Å². The van der Waals surface area contributed by atoms with Crippen molar-refractivity contribution in [2.24, 2.45) is 10.2 Å². The molecule has 10 nitrogen and oxygen atoms in total. The third kappa shape index (κ3) is 8.78. The number of anilines is 2. The standard InChI is InChI=1S/C30H28N6O4S2/c1-19(21-7-3-9-23(17-21)31-29(39)25-11-5-15-41-25)33-35-27(37)13-14-28(38)36-34-20(2)22-8-4-10-24(18-22)32-30(40)26-12-6-16-42-26/h3-12,15-18H,13-14H2,1-2H3,(H,31,39)(H,32,40)(H,35,37)(H,36,38). The van der Waals surface area contributed by atoms with E-state index in [0.29, 0.717) is 32.6 Å². The highest BCUT2D eigenvalue weighted by Gasteiger charge is 2.11. The lowest BCUT2D eigenvalue weighted by molar-refractivity contribution is -0.126. The van der Waals surface area contributed by atoms with Gasteiger partial charge >= 0.3 is 0 Å². The maximum atomic E-state index is 12.3. The predicted octanol–water partition coefficient (Wildman–Crippen LogP) is 5.48. The van der Waals surface area contributed by atoms with Crippen LogP contribution in [0.15, 0.2) is 93.8 Å². The highest BCUT2D eigenvalue weighted by molar-refractivity contribution is 7.12. The molecule has 0 spiro atoms. The number of hydrogen-bond acceptors (Lipinski definition) is 8. The van der Waals surface area contributed by atoms with E-state index in [9.17, 15) is 19.2 Å². The van der Waals surface area contributed by atoms with Gasteiger partial charge in [0.25, 0.3) is 11.8 Å². The molecule has 4 rings (SSSR count). The first-order valence-corrected chi connectivity index (χ1v) is 14.6. The number of amides is 4. The van der Waals surface area contributed by atoms with Gasteiger partial charge in [0.15, 0.2) is 0 Å². The van der Waals surface area contributed by atoms with E-state index in [1.165, 1.54) is 22.7 Å². The Bertz CT molecular complexity index is 1510. The van der Waals surface area contributed by atoms with Gasteiger partial charge in [0.05, 0.1) is 21.2 Å². The number of nitrogens with zero attached hydrogens (tertiary/aromatic N) is 2. The number of carbonyl (C=O) groups excluding carboxylic acids is 4. The fraction of sp³-hybridized carbons (Fsp3) is 0.133. The molecule has 2 aromatic heterocycles. The molecule has 2 heterocycles. The summed E-state index contributed by atoms with van der Waals surface area (Å²) < 4.78 is 0. The zero-order valence-electron chi connectivity index (χ0n) is 22.8. The van der Waals surface area contributed by atoms with E-state index >= 15 is 0 Å². The molecule has 0 unspecified atom stereocenters. The SMILES string of the molecule is CC(=NNC(=O)CCC(=O)NN=C(C)c1cccc(NC(=O)c2cccs2)c1)c1cccc(NC(=O)c2cccs2)c1. The first-order chi connectivity index (χ1) is 20.3. The van der Waals surface area contributed by atoms with Crippen LogP contribution in [0.2, 0.25) is 0 Å². The minimum Gasteiger partial charge on any atom is -0.321 e. The molecule has 0 radical (unpaired) electrons. The van der Waals surface area contributed by atoms with Crippen molar-refractivity contribution in [3.63, 3.8) is 0 Å². The van der Waals surface area contributed by atoms with Crippen LogP contribution in [0.1, 0.15) is 57.2 Å². The maximum Gasteiger partial charge on any atom is 0.265 e. The normalized spacial score (nSPS) is 11.5. The summed E-state index contributed by atoms with van der Waals surface area (Å²) in [6.07, 6.45) is -0.170. The minimum absolute atomic E-state index is 0.0850. The highest BCUT2D eigenvalue weighted by atomic mass is 32.1. The molecule has 0 atom stereocenters. The topological polar surface area (TPSA) is 141 Å². The molecule has 0 aliphatic rings. The summed E-state index contributed by atoms with van der Waals surface area (Å²) in [4.78, 5) is 50.4. The van der Waals surface area contributed by atoms with E-state index in [1.807, 2.05) is 35.0 Å². The molecule has 214 valence electrons. The summed E-state index contributed by atoms with van der Waals surface area (Å²) in [5.41, 5.74) is 8.63. The summed E-state index contributed by atoms with van der Waals surface area (Å²) in [7, 11) is 0. The van der Waals surface area contributed by atoms with Crippen LogP contribution in [-0.2, 0) is 9.59 Å². The fourth-order valence-electron chi connectivity index (χ4n) is 3.61. The Kier molecular flexibility index (Phi) is 10.5. The number of thiophene rings is 2. The monoisotopic (exact) mass is 600 g/mol. The lowest BCUT2D eigenvalue weighted by Gasteiger charge is -2.08. The van der Waals surface area contributed by atoms with Gasteiger partial charge in [0.1, 0.15) is 0 Å². The smallest absolute Gasteiger partial charge is 0.265 e. The van der Waals surface area contributed by atoms with Gasteiger partial charge < -0.3 is 10.6 Å². The Hall–Kier alpha value is -4.94. The molecule has 42 heavy (non-hydrogen) atoms. The zero-order valence-corrected chi connectivity index (χ0v) is 24.5. The molecular weight excluding hydrogens is 573 g/mol. The predicted molar refractivity (Wildman–Crippen MR) is 167 cm³/mol. The first kappa shape index (κ1) is 30.0. The van der Waals surface area contributed by atoms with Crippen LogP contribution < -0.4 is 21.5 Å². The van der Waals surface area contributed by atoms with Crippen LogP contribution in [0.25, 0.3) is 0 Å². The molecule has 0 bridgehead atoms. The number of rotatable bonds is 11. The lowest BCUT2D eigenvalue weighted by atomic mass is 10.1. The van der Waals surface area contributed by atoms with Crippen LogP contribution >= 0.6 is 22.7 Å². The van der Waals surface area contributed by atoms with E-state index in [1.54, 1.807) is 62.4 Å². The molecule has 4 amide bonds. The molecule has 4 N–H and O–H groups in total. The van der Waals surface area contributed by atoms with Crippen LogP contribution in [-0.4, -0.2) is 35.1 Å². The Morgan fingerprint density at radius 2 is 1.05 bits per heavy atom. The summed E-state index contributed by atoms with van der Waals surface area (Å²) in [5.74, 6) is -1.26. The van der Waals surface area contributed by atoms with E-state index < -0.39 is 11.8 Å². The Balaban J connectivity index is 1.23. The van der Waals surface area contributed by atoms with Gasteiger partial charge in [-0.15, -0.1) is 22.7 Å². The number of hydrogen-bond donors (Lipinski definition) is 4. The third-order valence-corrected chi connectivity index (χ3v) is 7.58. The Morgan fingerprint density at radius 1 is 0.619 bits per heavy atom. The lowest BCUT2D eigenvalue weighted by Crippen LogP contribution is -2.24. The maximum absolute atomic E-state index is 12.3. The highest BCUT2D eigenvalue weighted by Crippen LogP contribution is 2.17. The van der Waals surface area contributed by atoms with Gasteiger partial charge in [-0.2, -0.15) is 10.2 Å². The van der Waals surface area contributed by atoms with Crippen molar-refractivity contribution in [1.82, 2.24) is 10.9 Å². The summed E-state index contributed by atoms with van der Waals surface area (Å²) in [6.45, 7) is 3.46. The molecule has 12 heteroatoms. The van der Waals surface area contributed by atoms with Crippen molar-refractivity contribution in [2.45, 2.75) is 26.7 Å². The van der Waals surface area contributed by atoms with Gasteiger partial charge in [-0.1, -0.05) is 36.4 Å². The molecule has 4 aromatic rings. The van der Waals surface area contributed by atoms with Crippen molar-refractivity contribution in [3.8, 4) is 0 Å². The van der Waals surface area contributed by atoms with E-state index in [-0.39, 0.29) is 24.7 Å². The second-order valence-corrected chi connectivity index (χ2v) is 10.9. The first-order valence-electron chi connectivity index (χ1n) is 12.9. The zero-order chi connectivity index (χ0) is 29.9. The van der Waals surface area contributed by atoms with Crippen molar-refractivity contribution in [2.75, 3.05) is 10.6 Å². The molecule has 0 saturated heterocycles. The van der Waals surface area contributed by atoms with E-state index in [2.05, 4.69) is 31.7 Å². The molecular formula is C30H28N6O4S2. The van der Waals surface area contributed by atoms with Crippen LogP contribution in [0.3, 0.4) is 0 Å². The van der Waals surface area contributed by atoms with Crippen LogP contribution in [0.4, 0.5) is 11.4 Å². The van der Waals surface area contributed by atoms with Crippen molar-refractivity contribution in [3.05, 3.63) is 104 Å². The number of nitrogens with one attached hydrogen (secondary N) is 4.